The van der Waals surface area contributed by atoms with Crippen molar-refractivity contribution in [1.29, 1.82) is 0 Å². The number of aliphatic imine (C=N–C) groups is 1. The van der Waals surface area contributed by atoms with Gasteiger partial charge in [0, 0.05) is 37.4 Å². The summed E-state index contributed by atoms with van der Waals surface area (Å²) in [5, 5.41) is 10.0. The number of rotatable bonds is 6. The molecule has 0 bridgehead atoms. The van der Waals surface area contributed by atoms with Crippen LogP contribution >= 0.6 is 35.3 Å². The molecule has 25 heavy (non-hydrogen) atoms. The highest BCUT2D eigenvalue weighted by molar-refractivity contribution is 14.0. The zero-order chi connectivity index (χ0) is 17.6. The lowest BCUT2D eigenvalue weighted by Gasteiger charge is -2.27. The molecule has 0 aliphatic carbocycles. The zero-order valence-corrected chi connectivity index (χ0v) is 18.9. The third-order valence-electron chi connectivity index (χ3n) is 4.06. The number of guanidine groups is 1. The summed E-state index contributed by atoms with van der Waals surface area (Å²) in [6.07, 6.45) is 0.909. The zero-order valence-electron chi connectivity index (χ0n) is 15.7. The average molecular weight is 472 g/mol. The fourth-order valence-electron chi connectivity index (χ4n) is 2.53. The van der Waals surface area contributed by atoms with Gasteiger partial charge < -0.3 is 10.6 Å². The summed E-state index contributed by atoms with van der Waals surface area (Å²) in [6, 6.07) is 8.70. The molecule has 2 rings (SSSR count). The summed E-state index contributed by atoms with van der Waals surface area (Å²) in [7, 11) is 1.81. The molecular formula is C19H29IN4S. The fraction of sp³-hybridized carbons (Fsp3) is 0.474. The first kappa shape index (κ1) is 21.9. The number of hydrogen-bond donors (Lipinski definition) is 2. The third kappa shape index (κ3) is 6.93. The second-order valence-corrected chi connectivity index (χ2v) is 7.78. The Bertz CT molecular complexity index is 694. The van der Waals surface area contributed by atoms with Crippen molar-refractivity contribution < 1.29 is 0 Å². The summed E-state index contributed by atoms with van der Waals surface area (Å²) < 4.78 is 0. The van der Waals surface area contributed by atoms with Gasteiger partial charge in [-0.3, -0.25) is 4.99 Å². The van der Waals surface area contributed by atoms with Gasteiger partial charge in [-0.05, 0) is 19.4 Å². The highest BCUT2D eigenvalue weighted by atomic mass is 127. The molecule has 0 saturated carbocycles. The lowest BCUT2D eigenvalue weighted by Crippen LogP contribution is -2.44. The Morgan fingerprint density at radius 2 is 2.00 bits per heavy atom. The molecule has 0 aliphatic rings. The Morgan fingerprint density at radius 3 is 2.60 bits per heavy atom. The number of benzene rings is 1. The van der Waals surface area contributed by atoms with E-state index in [1.807, 2.05) is 14.0 Å². The van der Waals surface area contributed by atoms with Crippen LogP contribution in [0.4, 0.5) is 0 Å². The molecule has 0 aliphatic heterocycles. The van der Waals surface area contributed by atoms with E-state index in [9.17, 15) is 0 Å². The van der Waals surface area contributed by atoms with Crippen molar-refractivity contribution in [1.82, 2.24) is 15.6 Å². The van der Waals surface area contributed by atoms with Crippen LogP contribution in [0.1, 0.15) is 35.7 Å². The topological polar surface area (TPSA) is 49.3 Å². The summed E-state index contributed by atoms with van der Waals surface area (Å²) in [6.45, 7) is 10.3. The van der Waals surface area contributed by atoms with Crippen LogP contribution in [0.3, 0.4) is 0 Å². The summed E-state index contributed by atoms with van der Waals surface area (Å²) in [5.74, 6) is 0.836. The van der Waals surface area contributed by atoms with Gasteiger partial charge in [0.15, 0.2) is 5.96 Å². The maximum atomic E-state index is 4.48. The Kier molecular flexibility index (Phi) is 8.85. The Hall–Kier alpha value is -1.15. The van der Waals surface area contributed by atoms with Crippen LogP contribution < -0.4 is 10.6 Å². The van der Waals surface area contributed by atoms with Gasteiger partial charge in [-0.2, -0.15) is 0 Å². The molecule has 4 nitrogen and oxygen atoms in total. The van der Waals surface area contributed by atoms with Gasteiger partial charge in [0.1, 0.15) is 0 Å². The first-order chi connectivity index (χ1) is 11.4. The molecule has 0 fully saturated rings. The highest BCUT2D eigenvalue weighted by Gasteiger charge is 2.20. The number of nitrogens with zero attached hydrogens (tertiary/aromatic N) is 2. The predicted molar refractivity (Wildman–Crippen MR) is 120 cm³/mol. The molecule has 0 amide bonds. The molecule has 1 aromatic carbocycles. The van der Waals surface area contributed by atoms with Crippen LogP contribution in [0.2, 0.25) is 0 Å². The maximum absolute atomic E-state index is 4.48. The van der Waals surface area contributed by atoms with Crippen molar-refractivity contribution in [2.45, 2.75) is 39.5 Å². The van der Waals surface area contributed by atoms with Gasteiger partial charge in [-0.1, -0.05) is 43.7 Å². The highest BCUT2D eigenvalue weighted by Crippen LogP contribution is 2.22. The number of hydrogen-bond acceptors (Lipinski definition) is 3. The molecule has 1 aromatic heterocycles. The van der Waals surface area contributed by atoms with Crippen molar-refractivity contribution in [3.63, 3.8) is 0 Å². The fourth-order valence-corrected chi connectivity index (χ4v) is 3.17. The van der Waals surface area contributed by atoms with Gasteiger partial charge in [0.25, 0.3) is 0 Å². The molecule has 0 radical (unpaired) electrons. The van der Waals surface area contributed by atoms with Crippen molar-refractivity contribution in [3.05, 3.63) is 51.5 Å². The van der Waals surface area contributed by atoms with Crippen molar-refractivity contribution in [2.75, 3.05) is 20.1 Å². The number of thiazole rings is 1. The normalized spacial score (nSPS) is 11.8. The van der Waals surface area contributed by atoms with Gasteiger partial charge in [0.05, 0.1) is 10.7 Å². The van der Waals surface area contributed by atoms with Gasteiger partial charge in [-0.25, -0.2) is 4.98 Å². The van der Waals surface area contributed by atoms with Crippen molar-refractivity contribution >= 4 is 41.3 Å². The van der Waals surface area contributed by atoms with Crippen molar-refractivity contribution in [3.8, 4) is 0 Å². The molecule has 2 N–H and O–H groups in total. The Balaban J connectivity index is 0.00000312. The SMILES string of the molecule is CN=C(NCCc1csc(C)n1)NCC(C)(C)c1cccc(C)c1.I. The average Bonchev–Trinajstić information content (AvgIpc) is 2.96. The van der Waals surface area contributed by atoms with Crippen LogP contribution in [0.25, 0.3) is 0 Å². The number of nitrogens with one attached hydrogen (secondary N) is 2. The van der Waals surface area contributed by atoms with E-state index in [-0.39, 0.29) is 29.4 Å². The van der Waals surface area contributed by atoms with E-state index in [1.54, 1.807) is 11.3 Å². The smallest absolute Gasteiger partial charge is 0.191 e. The second kappa shape index (κ2) is 10.1. The lowest BCUT2D eigenvalue weighted by molar-refractivity contribution is 0.508. The predicted octanol–water partition coefficient (Wildman–Crippen LogP) is 4.06. The van der Waals surface area contributed by atoms with Crippen LogP contribution in [0.5, 0.6) is 0 Å². The molecule has 138 valence electrons. The monoisotopic (exact) mass is 472 g/mol. The lowest BCUT2D eigenvalue weighted by atomic mass is 9.84. The van der Waals surface area contributed by atoms with Gasteiger partial charge in [-0.15, -0.1) is 35.3 Å². The van der Waals surface area contributed by atoms with Gasteiger partial charge >= 0.3 is 0 Å². The summed E-state index contributed by atoms with van der Waals surface area (Å²) in [4.78, 5) is 8.80. The number of aryl methyl sites for hydroxylation is 2. The second-order valence-electron chi connectivity index (χ2n) is 6.71. The molecule has 0 spiro atoms. The van der Waals surface area contributed by atoms with Crippen LogP contribution in [0, 0.1) is 13.8 Å². The molecular weight excluding hydrogens is 443 g/mol. The minimum atomic E-state index is 0. The Labute approximate surface area is 172 Å². The van der Waals surface area contributed by atoms with Crippen LogP contribution in [-0.4, -0.2) is 31.1 Å². The molecule has 0 atom stereocenters. The molecule has 6 heteroatoms. The minimum absolute atomic E-state index is 0. The van der Waals surface area contributed by atoms with Crippen LogP contribution in [0.15, 0.2) is 34.6 Å². The Morgan fingerprint density at radius 1 is 1.24 bits per heavy atom. The van der Waals surface area contributed by atoms with E-state index in [1.165, 1.54) is 11.1 Å². The van der Waals surface area contributed by atoms with Gasteiger partial charge in [0.2, 0.25) is 0 Å². The van der Waals surface area contributed by atoms with E-state index in [0.29, 0.717) is 0 Å². The first-order valence-corrected chi connectivity index (χ1v) is 9.21. The van der Waals surface area contributed by atoms with E-state index in [0.717, 1.165) is 36.2 Å². The molecule has 2 aromatic rings. The van der Waals surface area contributed by atoms with Crippen molar-refractivity contribution in [2.24, 2.45) is 4.99 Å². The van der Waals surface area contributed by atoms with E-state index in [2.05, 4.69) is 71.0 Å². The van der Waals surface area contributed by atoms with Crippen LogP contribution in [-0.2, 0) is 11.8 Å². The number of halogens is 1. The third-order valence-corrected chi connectivity index (χ3v) is 4.88. The summed E-state index contributed by atoms with van der Waals surface area (Å²) >= 11 is 1.70. The van der Waals surface area contributed by atoms with E-state index >= 15 is 0 Å². The molecule has 1 heterocycles. The van der Waals surface area contributed by atoms with E-state index in [4.69, 9.17) is 0 Å². The van der Waals surface area contributed by atoms with E-state index < -0.39 is 0 Å². The molecule has 0 saturated heterocycles. The quantitative estimate of drug-likeness (QED) is 0.379. The molecule has 0 unspecified atom stereocenters. The summed E-state index contributed by atoms with van der Waals surface area (Å²) in [5.41, 5.74) is 3.81. The maximum Gasteiger partial charge on any atom is 0.191 e. The standard InChI is InChI=1S/C19H28N4S.HI/c1-14-7-6-8-16(11-14)19(3,4)13-22-18(20-5)21-10-9-17-12-24-15(2)23-17;/h6-8,11-12H,9-10,13H2,1-5H3,(H2,20,21,22);1H. The largest absolute Gasteiger partial charge is 0.356 e. The number of aromatic nitrogens is 1. The minimum Gasteiger partial charge on any atom is -0.356 e. The first-order valence-electron chi connectivity index (χ1n) is 8.33.